The van der Waals surface area contributed by atoms with Gasteiger partial charge in [-0.05, 0) is 44.1 Å². The lowest BCUT2D eigenvalue weighted by Gasteiger charge is -2.27. The van der Waals surface area contributed by atoms with E-state index in [1.807, 2.05) is 19.1 Å². The molecule has 104 valence electrons. The maximum absolute atomic E-state index is 11.0. The van der Waals surface area contributed by atoms with Crippen LogP contribution in [0.25, 0.3) is 0 Å². The molecule has 1 saturated carbocycles. The molecular formula is C15H22N2O2. The molecule has 1 aliphatic carbocycles. The lowest BCUT2D eigenvalue weighted by molar-refractivity contribution is -0.385. The lowest BCUT2D eigenvalue weighted by Crippen LogP contribution is -2.25. The molecule has 0 spiro atoms. The SMILES string of the molecule is CCc1ccc(NC2CCC(C)CC2)cc1[N+](=O)[O-]. The van der Waals surface area contributed by atoms with E-state index in [2.05, 4.69) is 12.2 Å². The van der Waals surface area contributed by atoms with Gasteiger partial charge in [0.1, 0.15) is 0 Å². The molecule has 0 bridgehead atoms. The van der Waals surface area contributed by atoms with Crippen LogP contribution < -0.4 is 5.32 Å². The van der Waals surface area contributed by atoms with Gasteiger partial charge in [0, 0.05) is 23.4 Å². The first-order chi connectivity index (χ1) is 9.10. The number of rotatable bonds is 4. The molecule has 1 N–H and O–H groups in total. The van der Waals surface area contributed by atoms with E-state index in [9.17, 15) is 10.1 Å². The summed E-state index contributed by atoms with van der Waals surface area (Å²) in [5, 5.41) is 14.5. The Kier molecular flexibility index (Phi) is 4.40. The van der Waals surface area contributed by atoms with E-state index < -0.39 is 0 Å². The van der Waals surface area contributed by atoms with Gasteiger partial charge in [0.2, 0.25) is 0 Å². The van der Waals surface area contributed by atoms with E-state index in [1.165, 1.54) is 12.8 Å². The Bertz CT molecular complexity index is 451. The highest BCUT2D eigenvalue weighted by atomic mass is 16.6. The van der Waals surface area contributed by atoms with Crippen molar-refractivity contribution >= 4 is 11.4 Å². The minimum Gasteiger partial charge on any atom is -0.382 e. The van der Waals surface area contributed by atoms with Crippen molar-refractivity contribution in [3.8, 4) is 0 Å². The number of nitrogens with zero attached hydrogens (tertiary/aromatic N) is 1. The van der Waals surface area contributed by atoms with Crippen LogP contribution in [0.1, 0.15) is 45.1 Å². The van der Waals surface area contributed by atoms with Gasteiger partial charge in [-0.3, -0.25) is 10.1 Å². The summed E-state index contributed by atoms with van der Waals surface area (Å²) in [6.45, 7) is 4.23. The average molecular weight is 262 g/mol. The van der Waals surface area contributed by atoms with E-state index in [-0.39, 0.29) is 10.6 Å². The molecule has 1 fully saturated rings. The van der Waals surface area contributed by atoms with Crippen LogP contribution in [0, 0.1) is 16.0 Å². The van der Waals surface area contributed by atoms with E-state index in [1.54, 1.807) is 6.07 Å². The number of nitrogens with one attached hydrogen (secondary N) is 1. The maximum atomic E-state index is 11.0. The summed E-state index contributed by atoms with van der Waals surface area (Å²) in [7, 11) is 0. The van der Waals surface area contributed by atoms with Gasteiger partial charge in [-0.15, -0.1) is 0 Å². The third kappa shape index (κ3) is 3.46. The van der Waals surface area contributed by atoms with Gasteiger partial charge in [0.15, 0.2) is 0 Å². The van der Waals surface area contributed by atoms with Crippen molar-refractivity contribution in [3.63, 3.8) is 0 Å². The summed E-state index contributed by atoms with van der Waals surface area (Å²) in [6.07, 6.45) is 5.49. The van der Waals surface area contributed by atoms with Crippen LogP contribution in [0.3, 0.4) is 0 Å². The van der Waals surface area contributed by atoms with Gasteiger partial charge in [-0.25, -0.2) is 0 Å². The Morgan fingerprint density at radius 1 is 1.32 bits per heavy atom. The highest BCUT2D eigenvalue weighted by Crippen LogP contribution is 2.28. The van der Waals surface area contributed by atoms with Gasteiger partial charge in [-0.2, -0.15) is 0 Å². The van der Waals surface area contributed by atoms with Gasteiger partial charge in [0.05, 0.1) is 4.92 Å². The Morgan fingerprint density at radius 2 is 2.00 bits per heavy atom. The van der Waals surface area contributed by atoms with E-state index in [4.69, 9.17) is 0 Å². The van der Waals surface area contributed by atoms with Crippen molar-refractivity contribution in [1.82, 2.24) is 0 Å². The molecule has 2 rings (SSSR count). The molecule has 0 unspecified atom stereocenters. The number of benzene rings is 1. The summed E-state index contributed by atoms with van der Waals surface area (Å²) in [4.78, 5) is 10.8. The third-order valence-electron chi connectivity index (χ3n) is 4.05. The fourth-order valence-electron chi connectivity index (χ4n) is 2.76. The second kappa shape index (κ2) is 6.04. The van der Waals surface area contributed by atoms with E-state index in [0.29, 0.717) is 12.5 Å². The van der Waals surface area contributed by atoms with Crippen molar-refractivity contribution in [3.05, 3.63) is 33.9 Å². The Balaban J connectivity index is 2.08. The van der Waals surface area contributed by atoms with Crippen LogP contribution in [-0.4, -0.2) is 11.0 Å². The summed E-state index contributed by atoms with van der Waals surface area (Å²) in [5.41, 5.74) is 1.91. The molecule has 0 heterocycles. The van der Waals surface area contributed by atoms with Crippen LogP contribution in [0.5, 0.6) is 0 Å². The molecule has 0 saturated heterocycles. The summed E-state index contributed by atoms with van der Waals surface area (Å²) in [5.74, 6) is 0.815. The molecule has 0 atom stereocenters. The van der Waals surface area contributed by atoms with Crippen LogP contribution in [0.2, 0.25) is 0 Å². The maximum Gasteiger partial charge on any atom is 0.274 e. The van der Waals surface area contributed by atoms with Crippen LogP contribution in [0.4, 0.5) is 11.4 Å². The first kappa shape index (κ1) is 13.8. The monoisotopic (exact) mass is 262 g/mol. The quantitative estimate of drug-likeness (QED) is 0.655. The highest BCUT2D eigenvalue weighted by molar-refractivity contribution is 5.55. The zero-order chi connectivity index (χ0) is 13.8. The van der Waals surface area contributed by atoms with Gasteiger partial charge in [0.25, 0.3) is 5.69 Å². The van der Waals surface area contributed by atoms with E-state index >= 15 is 0 Å². The first-order valence-corrected chi connectivity index (χ1v) is 7.14. The molecule has 1 aliphatic rings. The molecule has 4 nitrogen and oxygen atoms in total. The second-order valence-electron chi connectivity index (χ2n) is 5.56. The highest BCUT2D eigenvalue weighted by Gasteiger charge is 2.19. The molecule has 0 aliphatic heterocycles. The molecule has 19 heavy (non-hydrogen) atoms. The lowest BCUT2D eigenvalue weighted by atomic mass is 9.87. The molecule has 1 aromatic rings. The Hall–Kier alpha value is -1.58. The minimum atomic E-state index is -0.285. The van der Waals surface area contributed by atoms with Crippen LogP contribution in [-0.2, 0) is 6.42 Å². The number of nitro groups is 1. The number of aryl methyl sites for hydroxylation is 1. The zero-order valence-corrected chi connectivity index (χ0v) is 11.7. The Labute approximate surface area is 114 Å². The van der Waals surface area contributed by atoms with Crippen LogP contribution >= 0.6 is 0 Å². The topological polar surface area (TPSA) is 55.2 Å². The van der Waals surface area contributed by atoms with Crippen molar-refractivity contribution in [2.45, 2.75) is 52.0 Å². The molecular weight excluding hydrogens is 240 g/mol. The average Bonchev–Trinajstić information content (AvgIpc) is 2.41. The van der Waals surface area contributed by atoms with Crippen molar-refractivity contribution in [2.75, 3.05) is 5.32 Å². The summed E-state index contributed by atoms with van der Waals surface area (Å²) >= 11 is 0. The number of hydrogen-bond donors (Lipinski definition) is 1. The molecule has 4 heteroatoms. The van der Waals surface area contributed by atoms with Gasteiger partial charge in [-0.1, -0.05) is 19.9 Å². The summed E-state index contributed by atoms with van der Waals surface area (Å²) in [6, 6.07) is 5.97. The minimum absolute atomic E-state index is 0.233. The van der Waals surface area contributed by atoms with Crippen molar-refractivity contribution in [2.24, 2.45) is 5.92 Å². The molecule has 0 amide bonds. The zero-order valence-electron chi connectivity index (χ0n) is 11.7. The van der Waals surface area contributed by atoms with E-state index in [0.717, 1.165) is 30.0 Å². The van der Waals surface area contributed by atoms with Crippen molar-refractivity contribution in [1.29, 1.82) is 0 Å². The van der Waals surface area contributed by atoms with Gasteiger partial charge >= 0.3 is 0 Å². The largest absolute Gasteiger partial charge is 0.382 e. The summed E-state index contributed by atoms with van der Waals surface area (Å²) < 4.78 is 0. The molecule has 0 radical (unpaired) electrons. The number of anilines is 1. The third-order valence-corrected chi connectivity index (χ3v) is 4.05. The smallest absolute Gasteiger partial charge is 0.274 e. The molecule has 0 aromatic heterocycles. The number of hydrogen-bond acceptors (Lipinski definition) is 3. The number of nitro benzene ring substituents is 1. The predicted molar refractivity (Wildman–Crippen MR) is 77.5 cm³/mol. The van der Waals surface area contributed by atoms with Gasteiger partial charge < -0.3 is 5.32 Å². The predicted octanol–water partition coefficient (Wildman–Crippen LogP) is 4.15. The Morgan fingerprint density at radius 3 is 2.58 bits per heavy atom. The fourth-order valence-corrected chi connectivity index (χ4v) is 2.76. The standard InChI is InChI=1S/C15H22N2O2/c1-3-12-6-9-14(10-15(12)17(18)19)16-13-7-4-11(2)5-8-13/h6,9-11,13,16H,3-5,7-8H2,1-2H3. The second-order valence-corrected chi connectivity index (χ2v) is 5.56. The van der Waals surface area contributed by atoms with Crippen molar-refractivity contribution < 1.29 is 4.92 Å². The fraction of sp³-hybridized carbons (Fsp3) is 0.600. The molecule has 1 aromatic carbocycles. The first-order valence-electron chi connectivity index (χ1n) is 7.14. The normalized spacial score (nSPS) is 23.1. The van der Waals surface area contributed by atoms with Crippen LogP contribution in [0.15, 0.2) is 18.2 Å².